The average Bonchev–Trinajstić information content (AvgIpc) is 2.59. The first-order valence-corrected chi connectivity index (χ1v) is 5.36. The van der Waals surface area contributed by atoms with E-state index in [1.54, 1.807) is 0 Å². The number of ether oxygens (including phenoxy) is 1. The van der Waals surface area contributed by atoms with Crippen molar-refractivity contribution < 1.29 is 9.53 Å². The molecule has 0 saturated carbocycles. The van der Waals surface area contributed by atoms with Crippen LogP contribution in [0, 0.1) is 6.92 Å². The number of hydrogen-bond donors (Lipinski definition) is 2. The summed E-state index contributed by atoms with van der Waals surface area (Å²) in [6.07, 6.45) is 0. The Bertz CT molecular complexity index is 315. The van der Waals surface area contributed by atoms with Crippen molar-refractivity contribution >= 4 is 22.4 Å². The number of anilines is 1. The Balaban J connectivity index is 2.18. The highest BCUT2D eigenvalue weighted by Gasteiger charge is 2.05. The number of carbonyl (C=O) groups is 1. The van der Waals surface area contributed by atoms with Crippen LogP contribution in [0.4, 0.5) is 5.13 Å². The highest BCUT2D eigenvalue weighted by molar-refractivity contribution is 7.15. The summed E-state index contributed by atoms with van der Waals surface area (Å²) in [5.41, 5.74) is 0. The van der Waals surface area contributed by atoms with Gasteiger partial charge in [0.15, 0.2) is 0 Å². The number of likely N-dealkylation sites (N-methyl/N-ethyl adjacent to an activating group) is 1. The molecule has 0 fully saturated rings. The lowest BCUT2D eigenvalue weighted by molar-refractivity contribution is -0.120. The topological polar surface area (TPSA) is 76.1 Å². The molecule has 7 heteroatoms. The Morgan fingerprint density at radius 2 is 2.33 bits per heavy atom. The first-order chi connectivity index (χ1) is 7.22. The van der Waals surface area contributed by atoms with Crippen LogP contribution in [0.15, 0.2) is 0 Å². The number of hydrogen-bond acceptors (Lipinski definition) is 6. The molecule has 1 aromatic rings. The largest absolute Gasteiger partial charge is 0.370 e. The molecule has 1 heterocycles. The predicted octanol–water partition coefficient (Wildman–Crippen LogP) is 0.0210. The van der Waals surface area contributed by atoms with E-state index in [0.29, 0.717) is 11.7 Å². The van der Waals surface area contributed by atoms with Crippen LogP contribution in [-0.4, -0.2) is 42.9 Å². The van der Waals surface area contributed by atoms with Crippen LogP contribution in [0.2, 0.25) is 0 Å². The standard InChI is InChI=1S/C8H14N4O2S/c1-6-11-12-8(15-6)10-7(13)5-14-4-3-9-2/h9H,3-5H2,1-2H3,(H,10,12,13). The highest BCUT2D eigenvalue weighted by atomic mass is 32.1. The summed E-state index contributed by atoms with van der Waals surface area (Å²) >= 11 is 1.34. The molecule has 0 aliphatic carbocycles. The zero-order chi connectivity index (χ0) is 11.1. The van der Waals surface area contributed by atoms with Gasteiger partial charge in [0, 0.05) is 6.54 Å². The minimum Gasteiger partial charge on any atom is -0.370 e. The highest BCUT2D eigenvalue weighted by Crippen LogP contribution is 2.12. The normalized spacial score (nSPS) is 10.3. The van der Waals surface area contributed by atoms with Crippen LogP contribution < -0.4 is 10.6 Å². The molecule has 0 atom stereocenters. The van der Waals surface area contributed by atoms with Gasteiger partial charge in [-0.25, -0.2) is 0 Å². The van der Waals surface area contributed by atoms with Crippen molar-refractivity contribution in [1.82, 2.24) is 15.5 Å². The Kier molecular flexibility index (Phi) is 5.16. The first-order valence-electron chi connectivity index (χ1n) is 4.54. The molecule has 0 unspecified atom stereocenters. The third-order valence-electron chi connectivity index (χ3n) is 1.50. The molecule has 1 rings (SSSR count). The maximum absolute atomic E-state index is 11.3. The monoisotopic (exact) mass is 230 g/mol. The van der Waals surface area contributed by atoms with Gasteiger partial charge in [-0.1, -0.05) is 11.3 Å². The van der Waals surface area contributed by atoms with Gasteiger partial charge in [0.25, 0.3) is 5.91 Å². The van der Waals surface area contributed by atoms with Gasteiger partial charge in [-0.2, -0.15) is 0 Å². The van der Waals surface area contributed by atoms with Gasteiger partial charge in [0.1, 0.15) is 11.6 Å². The summed E-state index contributed by atoms with van der Waals surface area (Å²) in [5.74, 6) is -0.206. The Morgan fingerprint density at radius 1 is 1.53 bits per heavy atom. The lowest BCUT2D eigenvalue weighted by Gasteiger charge is -2.02. The summed E-state index contributed by atoms with van der Waals surface area (Å²) in [7, 11) is 1.83. The Labute approximate surface area is 92.0 Å². The van der Waals surface area contributed by atoms with E-state index in [9.17, 15) is 4.79 Å². The Hall–Kier alpha value is -1.05. The molecule has 0 aliphatic rings. The second-order valence-electron chi connectivity index (χ2n) is 2.83. The van der Waals surface area contributed by atoms with Crippen LogP contribution in [0.5, 0.6) is 0 Å². The maximum Gasteiger partial charge on any atom is 0.252 e. The van der Waals surface area contributed by atoms with Crippen molar-refractivity contribution in [2.24, 2.45) is 0 Å². The molecule has 6 nitrogen and oxygen atoms in total. The number of amides is 1. The SMILES string of the molecule is CNCCOCC(=O)Nc1nnc(C)s1. The number of nitrogens with one attached hydrogen (secondary N) is 2. The molecule has 84 valence electrons. The second kappa shape index (κ2) is 6.44. The molecular weight excluding hydrogens is 216 g/mol. The van der Waals surface area contributed by atoms with Gasteiger partial charge >= 0.3 is 0 Å². The molecule has 2 N–H and O–H groups in total. The van der Waals surface area contributed by atoms with E-state index in [1.165, 1.54) is 11.3 Å². The molecule has 1 aromatic heterocycles. The van der Waals surface area contributed by atoms with E-state index in [0.717, 1.165) is 11.6 Å². The zero-order valence-corrected chi connectivity index (χ0v) is 9.56. The smallest absolute Gasteiger partial charge is 0.252 e. The fourth-order valence-electron chi connectivity index (χ4n) is 0.842. The van der Waals surface area contributed by atoms with Crippen LogP contribution >= 0.6 is 11.3 Å². The van der Waals surface area contributed by atoms with Crippen molar-refractivity contribution in [3.05, 3.63) is 5.01 Å². The molecule has 15 heavy (non-hydrogen) atoms. The number of aromatic nitrogens is 2. The van der Waals surface area contributed by atoms with Gasteiger partial charge in [0.2, 0.25) is 5.13 Å². The van der Waals surface area contributed by atoms with Crippen LogP contribution in [0.25, 0.3) is 0 Å². The van der Waals surface area contributed by atoms with E-state index in [4.69, 9.17) is 4.74 Å². The average molecular weight is 230 g/mol. The van der Waals surface area contributed by atoms with Gasteiger partial charge in [-0.05, 0) is 14.0 Å². The molecule has 0 bridgehead atoms. The fourth-order valence-corrected chi connectivity index (χ4v) is 1.45. The van der Waals surface area contributed by atoms with Crippen LogP contribution in [-0.2, 0) is 9.53 Å². The van der Waals surface area contributed by atoms with Gasteiger partial charge in [-0.3, -0.25) is 10.1 Å². The van der Waals surface area contributed by atoms with Gasteiger partial charge < -0.3 is 10.1 Å². The molecular formula is C8H14N4O2S. The van der Waals surface area contributed by atoms with Crippen LogP contribution in [0.1, 0.15) is 5.01 Å². The maximum atomic E-state index is 11.3. The third-order valence-corrected chi connectivity index (χ3v) is 2.26. The van der Waals surface area contributed by atoms with E-state index < -0.39 is 0 Å². The van der Waals surface area contributed by atoms with E-state index in [1.807, 2.05) is 14.0 Å². The predicted molar refractivity (Wildman–Crippen MR) is 58.0 cm³/mol. The minimum absolute atomic E-state index is 0.0420. The van der Waals surface area contributed by atoms with Crippen molar-refractivity contribution in [2.45, 2.75) is 6.92 Å². The van der Waals surface area contributed by atoms with Gasteiger partial charge in [0.05, 0.1) is 6.61 Å². The second-order valence-corrected chi connectivity index (χ2v) is 4.01. The van der Waals surface area contributed by atoms with E-state index in [2.05, 4.69) is 20.8 Å². The Morgan fingerprint density at radius 3 is 2.93 bits per heavy atom. The summed E-state index contributed by atoms with van der Waals surface area (Å²) < 4.78 is 5.10. The zero-order valence-electron chi connectivity index (χ0n) is 8.74. The quantitative estimate of drug-likeness (QED) is 0.674. The number of nitrogens with zero attached hydrogens (tertiary/aromatic N) is 2. The summed E-state index contributed by atoms with van der Waals surface area (Å²) in [4.78, 5) is 11.3. The molecule has 0 saturated heterocycles. The van der Waals surface area contributed by atoms with Crippen LogP contribution in [0.3, 0.4) is 0 Å². The number of rotatable bonds is 6. The summed E-state index contributed by atoms with van der Waals surface area (Å²) in [6.45, 7) is 3.11. The van der Waals surface area contributed by atoms with Gasteiger partial charge in [-0.15, -0.1) is 10.2 Å². The molecule has 0 radical (unpaired) electrons. The lowest BCUT2D eigenvalue weighted by Crippen LogP contribution is -2.21. The van der Waals surface area contributed by atoms with Crippen molar-refractivity contribution in [2.75, 3.05) is 32.1 Å². The lowest BCUT2D eigenvalue weighted by atomic mass is 10.6. The summed E-state index contributed by atoms with van der Waals surface area (Å²) in [5, 5.41) is 14.4. The fraction of sp³-hybridized carbons (Fsp3) is 0.625. The molecule has 0 spiro atoms. The molecule has 0 aromatic carbocycles. The van der Waals surface area contributed by atoms with Crippen molar-refractivity contribution in [3.8, 4) is 0 Å². The molecule has 0 aliphatic heterocycles. The number of aryl methyl sites for hydroxylation is 1. The summed E-state index contributed by atoms with van der Waals surface area (Å²) in [6, 6.07) is 0. The number of carbonyl (C=O) groups excluding carboxylic acids is 1. The van der Waals surface area contributed by atoms with E-state index in [-0.39, 0.29) is 12.5 Å². The molecule has 1 amide bonds. The third kappa shape index (κ3) is 4.82. The minimum atomic E-state index is -0.206. The first kappa shape index (κ1) is 12.0. The van der Waals surface area contributed by atoms with Crippen molar-refractivity contribution in [1.29, 1.82) is 0 Å². The van der Waals surface area contributed by atoms with Crippen molar-refractivity contribution in [3.63, 3.8) is 0 Å². The van der Waals surface area contributed by atoms with E-state index >= 15 is 0 Å².